The lowest BCUT2D eigenvalue weighted by Crippen LogP contribution is -2.24. The van der Waals surface area contributed by atoms with Crippen LogP contribution >= 0.6 is 45.6 Å². The zero-order valence-electron chi connectivity index (χ0n) is 41.5. The van der Waals surface area contributed by atoms with E-state index in [9.17, 15) is 24.0 Å². The lowest BCUT2D eigenvalue weighted by Gasteiger charge is -2.26. The standard InChI is InChI=1S/C18H17ClN2O2S.C18H18N2O3S.C10H9NO2S.C9H13NO2/c1-23-18(22)11-8-6-10(7-9-11)16-20-15(19)14-12-4-2-3-5-13(12)24-17(14)21-16;1-23-18(22)11-8-6-10(7-9-11)15-19-16(21)14-12-4-2-3-5-13(12)24-17(14)20-15;1-13-10(12)8-6-4-2-3-5-7(6)14-9(8)11;1-10-8-5-3-7(4-6-8)9(11)12-2/h2-5,10-11H,6-9H2,1H3;2-5,10-11H,6-9H2,1H3,(H,19,20,21);2-5H,11H2,1H3;7-8H,3-6H2,2H3. The summed E-state index contributed by atoms with van der Waals surface area (Å²) in [5, 5.41) is 5.62. The molecule has 19 heteroatoms. The van der Waals surface area contributed by atoms with Crippen LogP contribution in [0.2, 0.25) is 5.15 Å². The third-order valence-corrected chi connectivity index (χ3v) is 17.6. The summed E-state index contributed by atoms with van der Waals surface area (Å²) in [6.45, 7) is 6.82. The number of aromatic nitrogens is 4. The Bertz CT molecular complexity index is 3410. The van der Waals surface area contributed by atoms with Gasteiger partial charge in [-0.15, -0.1) is 34.0 Å². The van der Waals surface area contributed by atoms with Crippen LogP contribution < -0.4 is 11.3 Å². The average Bonchev–Trinajstić information content (AvgIpc) is 4.14. The molecule has 0 aliphatic heterocycles. The van der Waals surface area contributed by atoms with Gasteiger partial charge in [0.05, 0.1) is 57.0 Å². The van der Waals surface area contributed by atoms with Crippen LogP contribution in [-0.4, -0.2) is 78.3 Å². The molecule has 0 amide bonds. The Balaban J connectivity index is 0.000000137. The first-order chi connectivity index (χ1) is 35.8. The summed E-state index contributed by atoms with van der Waals surface area (Å²) in [5.74, 6) is 1.34. The van der Waals surface area contributed by atoms with E-state index >= 15 is 0 Å². The number of methoxy groups -OCH3 is 4. The van der Waals surface area contributed by atoms with Gasteiger partial charge < -0.3 is 34.5 Å². The third-order valence-electron chi connectivity index (χ3n) is 14.2. The van der Waals surface area contributed by atoms with Crippen molar-refractivity contribution in [2.45, 2.75) is 94.9 Å². The highest BCUT2D eigenvalue weighted by Crippen LogP contribution is 2.41. The molecule has 8 aromatic rings. The largest absolute Gasteiger partial charge is 0.469 e. The minimum atomic E-state index is -0.375. The van der Waals surface area contributed by atoms with Crippen molar-refractivity contribution in [2.75, 3.05) is 34.2 Å². The average molecular weight is 1080 g/mol. The minimum absolute atomic E-state index is 0.00905. The molecule has 0 saturated heterocycles. The summed E-state index contributed by atoms with van der Waals surface area (Å²) >= 11 is 11.1. The van der Waals surface area contributed by atoms with Gasteiger partial charge in [0.1, 0.15) is 37.0 Å². The van der Waals surface area contributed by atoms with Crippen LogP contribution in [0.25, 0.3) is 55.5 Å². The molecule has 5 heterocycles. The number of nitrogens with two attached hydrogens (primary N) is 1. The number of thiophene rings is 3. The topological polar surface area (TPSA) is 207 Å². The number of hydrogen-bond acceptors (Lipinski definition) is 16. The number of nitrogens with zero attached hydrogens (tertiary/aromatic N) is 4. The van der Waals surface area contributed by atoms with Crippen molar-refractivity contribution in [1.29, 1.82) is 0 Å². The van der Waals surface area contributed by atoms with Crippen LogP contribution in [0.5, 0.6) is 0 Å². The molecular weight excluding hydrogens is 1020 g/mol. The molecule has 0 spiro atoms. The van der Waals surface area contributed by atoms with Gasteiger partial charge in [-0.3, -0.25) is 19.2 Å². The van der Waals surface area contributed by atoms with E-state index in [0.29, 0.717) is 21.1 Å². The highest BCUT2D eigenvalue weighted by atomic mass is 35.5. The van der Waals surface area contributed by atoms with Gasteiger partial charge in [0.15, 0.2) is 0 Å². The SMILES string of the molecule is COC(=O)C1CCC(c2nc(Cl)c3c(n2)sc2ccccc23)CC1.COC(=O)C1CCC(c2nc3sc4ccccc4c3c(=O)[nH]2)CC1.COC(=O)c1c(N)sc2ccccc12.[C-]#[N+]C1CCC(C(=O)OC)CC1. The molecule has 386 valence electrons. The number of aromatic amines is 1. The first-order valence-corrected chi connectivity index (χ1v) is 27.4. The third kappa shape index (κ3) is 12.0. The number of ether oxygens (including phenoxy) is 4. The summed E-state index contributed by atoms with van der Waals surface area (Å²) in [6.07, 6.45) is 10.0. The maximum absolute atomic E-state index is 12.6. The van der Waals surface area contributed by atoms with E-state index in [1.165, 1.54) is 44.5 Å². The number of rotatable bonds is 6. The summed E-state index contributed by atoms with van der Waals surface area (Å²) in [6, 6.07) is 23.8. The monoisotopic (exact) mass is 1080 g/mol. The number of carbonyl (C=O) groups is 4. The molecule has 0 bridgehead atoms. The van der Waals surface area contributed by atoms with E-state index in [1.807, 2.05) is 60.7 Å². The highest BCUT2D eigenvalue weighted by Gasteiger charge is 2.32. The predicted molar refractivity (Wildman–Crippen MR) is 293 cm³/mol. The lowest BCUT2D eigenvalue weighted by atomic mass is 9.81. The Kier molecular flexibility index (Phi) is 17.9. The number of anilines is 1. The van der Waals surface area contributed by atoms with E-state index in [2.05, 4.69) is 36.4 Å². The van der Waals surface area contributed by atoms with Crippen LogP contribution in [0.15, 0.2) is 77.6 Å². The number of esters is 4. The molecule has 74 heavy (non-hydrogen) atoms. The van der Waals surface area contributed by atoms with Crippen LogP contribution in [0.3, 0.4) is 0 Å². The molecule has 0 unspecified atom stereocenters. The fraction of sp³-hybridized carbons (Fsp3) is 0.400. The van der Waals surface area contributed by atoms with Gasteiger partial charge in [-0.1, -0.05) is 66.2 Å². The number of nitrogens with one attached hydrogen (secondary N) is 1. The Morgan fingerprint density at radius 2 is 1.04 bits per heavy atom. The van der Waals surface area contributed by atoms with Gasteiger partial charge in [0.2, 0.25) is 6.04 Å². The fourth-order valence-corrected chi connectivity index (χ4v) is 13.6. The first kappa shape index (κ1) is 53.8. The van der Waals surface area contributed by atoms with Gasteiger partial charge in [-0.25, -0.2) is 26.3 Å². The van der Waals surface area contributed by atoms with Gasteiger partial charge >= 0.3 is 23.9 Å². The summed E-state index contributed by atoms with van der Waals surface area (Å²) in [7, 11) is 5.66. The van der Waals surface area contributed by atoms with E-state index in [-0.39, 0.29) is 65.1 Å². The first-order valence-electron chi connectivity index (χ1n) is 24.6. The Morgan fingerprint density at radius 3 is 1.54 bits per heavy atom. The molecule has 3 aliphatic carbocycles. The summed E-state index contributed by atoms with van der Waals surface area (Å²) in [5.41, 5.74) is 6.16. The maximum atomic E-state index is 12.6. The molecule has 15 nitrogen and oxygen atoms in total. The Hall–Kier alpha value is -6.52. The molecule has 3 saturated carbocycles. The molecule has 0 atom stereocenters. The van der Waals surface area contributed by atoms with Gasteiger partial charge in [-0.2, -0.15) is 0 Å². The number of benzene rings is 3. The number of nitrogen functional groups attached to an aromatic ring is 1. The smallest absolute Gasteiger partial charge is 0.341 e. The van der Waals surface area contributed by atoms with E-state index in [1.54, 1.807) is 22.7 Å². The van der Waals surface area contributed by atoms with Gasteiger partial charge in [-0.05, 0) is 82.4 Å². The zero-order chi connectivity index (χ0) is 52.5. The van der Waals surface area contributed by atoms with Gasteiger partial charge in [0, 0.05) is 54.9 Å². The van der Waals surface area contributed by atoms with Crippen LogP contribution in [0, 0.1) is 24.3 Å². The van der Waals surface area contributed by atoms with Crippen LogP contribution in [0.4, 0.5) is 5.00 Å². The van der Waals surface area contributed by atoms with E-state index in [4.69, 9.17) is 43.3 Å². The molecule has 11 rings (SSSR count). The highest BCUT2D eigenvalue weighted by molar-refractivity contribution is 7.26. The Labute approximate surface area is 444 Å². The zero-order valence-corrected chi connectivity index (χ0v) is 44.7. The fourth-order valence-electron chi connectivity index (χ4n) is 10.1. The second-order valence-corrected chi connectivity index (χ2v) is 22.0. The van der Waals surface area contributed by atoms with E-state index < -0.39 is 0 Å². The van der Waals surface area contributed by atoms with Crippen molar-refractivity contribution in [2.24, 2.45) is 17.8 Å². The molecule has 3 aromatic carbocycles. The van der Waals surface area contributed by atoms with Crippen molar-refractivity contribution in [3.05, 3.63) is 117 Å². The lowest BCUT2D eigenvalue weighted by molar-refractivity contribution is -0.147. The Morgan fingerprint density at radius 1 is 0.595 bits per heavy atom. The predicted octanol–water partition coefficient (Wildman–Crippen LogP) is 12.4. The van der Waals surface area contributed by atoms with Crippen molar-refractivity contribution in [3.8, 4) is 0 Å². The minimum Gasteiger partial charge on any atom is -0.469 e. The molecule has 5 aromatic heterocycles. The molecule has 3 fully saturated rings. The summed E-state index contributed by atoms with van der Waals surface area (Å²) < 4.78 is 22.3. The number of H-pyrrole nitrogens is 1. The number of hydrogen-bond donors (Lipinski definition) is 2. The number of fused-ring (bicyclic) bond motifs is 7. The maximum Gasteiger partial charge on any atom is 0.341 e. The number of carbonyl (C=O) groups excluding carboxylic acids is 4. The summed E-state index contributed by atoms with van der Waals surface area (Å²) in [4.78, 5) is 80.7. The second-order valence-electron chi connectivity index (χ2n) is 18.5. The molecular formula is C55H57ClN6O9S3. The van der Waals surface area contributed by atoms with Crippen molar-refractivity contribution in [3.63, 3.8) is 0 Å². The van der Waals surface area contributed by atoms with Gasteiger partial charge in [0.25, 0.3) is 5.56 Å². The molecule has 0 radical (unpaired) electrons. The molecule has 3 aliphatic rings. The molecule has 3 N–H and O–H groups in total. The quantitative estimate of drug-likeness (QED) is 0.0688. The van der Waals surface area contributed by atoms with Crippen molar-refractivity contribution in [1.82, 2.24) is 19.9 Å². The normalized spacial score (nSPS) is 20.4. The second kappa shape index (κ2) is 24.7. The van der Waals surface area contributed by atoms with E-state index in [0.717, 1.165) is 129 Å². The van der Waals surface area contributed by atoms with Crippen LogP contribution in [0.1, 0.15) is 111 Å². The van der Waals surface area contributed by atoms with Crippen LogP contribution in [-0.2, 0) is 33.3 Å². The van der Waals surface area contributed by atoms with Crippen molar-refractivity contribution >= 4 is 125 Å². The van der Waals surface area contributed by atoms with Crippen molar-refractivity contribution < 1.29 is 38.1 Å². The number of halogens is 1.